The van der Waals surface area contributed by atoms with E-state index in [1.165, 1.54) is 0 Å². The normalized spacial score (nSPS) is 24.2. The third-order valence-electron chi connectivity index (χ3n) is 6.85. The Labute approximate surface area is 179 Å². The van der Waals surface area contributed by atoms with Crippen molar-refractivity contribution >= 4 is 32.3 Å². The second-order valence-electron chi connectivity index (χ2n) is 8.06. The summed E-state index contributed by atoms with van der Waals surface area (Å²) in [6.07, 6.45) is 0. The van der Waals surface area contributed by atoms with Gasteiger partial charge in [0.15, 0.2) is 14.6 Å². The van der Waals surface area contributed by atoms with Crippen LogP contribution in [0.5, 0.6) is 0 Å². The van der Waals surface area contributed by atoms with Gasteiger partial charge in [0.2, 0.25) is 0 Å². The number of hydrogen-bond donors (Lipinski definition) is 0. The minimum absolute atomic E-state index is 0.0277. The summed E-state index contributed by atoms with van der Waals surface area (Å²) in [6.45, 7) is 0. The molecule has 2 heterocycles. The van der Waals surface area contributed by atoms with Gasteiger partial charge in [0.25, 0.3) is 0 Å². The van der Waals surface area contributed by atoms with Gasteiger partial charge in [0.05, 0.1) is 9.77 Å². The number of hydrogen-bond acceptors (Lipinski definition) is 3. The Morgan fingerprint density at radius 2 is 1.33 bits per heavy atom. The van der Waals surface area contributed by atoms with Crippen molar-refractivity contribution in [2.45, 2.75) is 15.6 Å². The summed E-state index contributed by atoms with van der Waals surface area (Å²) in [7, 11) is -3.65. The van der Waals surface area contributed by atoms with Crippen molar-refractivity contribution in [2.75, 3.05) is 0 Å². The minimum atomic E-state index is -3.65. The van der Waals surface area contributed by atoms with Gasteiger partial charge >= 0.3 is 0 Å². The van der Waals surface area contributed by atoms with Crippen LogP contribution < -0.4 is 0 Å². The first-order chi connectivity index (χ1) is 14.7. The smallest absolute Gasteiger partial charge is 0.198 e. The van der Waals surface area contributed by atoms with E-state index in [1.54, 1.807) is 17.4 Å². The van der Waals surface area contributed by atoms with Crippen molar-refractivity contribution in [3.05, 3.63) is 123 Å². The molecule has 3 aromatic carbocycles. The average molecular weight is 425 g/mol. The molecule has 0 saturated carbocycles. The summed E-state index contributed by atoms with van der Waals surface area (Å²) in [6, 6.07) is 28.4. The van der Waals surface area contributed by atoms with Crippen molar-refractivity contribution in [3.63, 3.8) is 0 Å². The molecule has 4 heteroatoms. The van der Waals surface area contributed by atoms with E-state index in [4.69, 9.17) is 0 Å². The molecule has 2 bridgehead atoms. The first kappa shape index (κ1) is 16.8. The fraction of sp³-hybridized carbons (Fsp3) is 0.0769. The number of sulfone groups is 1. The predicted molar refractivity (Wildman–Crippen MR) is 120 cm³/mol. The van der Waals surface area contributed by atoms with E-state index in [9.17, 15) is 8.42 Å². The molecule has 8 rings (SSSR count). The van der Waals surface area contributed by atoms with Crippen LogP contribution in [0.3, 0.4) is 0 Å². The topological polar surface area (TPSA) is 34.1 Å². The van der Waals surface area contributed by atoms with E-state index in [0.717, 1.165) is 43.8 Å². The molecule has 3 aliphatic carbocycles. The van der Waals surface area contributed by atoms with Crippen LogP contribution >= 0.6 is 11.3 Å². The first-order valence-corrected chi connectivity index (χ1v) is 12.3. The summed E-state index contributed by atoms with van der Waals surface area (Å²) < 4.78 is 27.5. The highest BCUT2D eigenvalue weighted by atomic mass is 32.2. The minimum Gasteiger partial charge on any atom is -0.222 e. The maximum atomic E-state index is 14.3. The van der Waals surface area contributed by atoms with Crippen LogP contribution in [0.25, 0.3) is 11.1 Å². The van der Waals surface area contributed by atoms with Crippen molar-refractivity contribution in [1.29, 1.82) is 0 Å². The van der Waals surface area contributed by atoms with E-state index in [2.05, 4.69) is 24.3 Å². The van der Waals surface area contributed by atoms with Gasteiger partial charge in [-0.05, 0) is 44.8 Å². The van der Waals surface area contributed by atoms with Crippen LogP contribution in [0.15, 0.2) is 95.2 Å². The zero-order chi connectivity index (χ0) is 20.1. The maximum absolute atomic E-state index is 14.3. The van der Waals surface area contributed by atoms with Gasteiger partial charge in [0.1, 0.15) is 0 Å². The lowest BCUT2D eigenvalue weighted by Gasteiger charge is -2.48. The summed E-state index contributed by atoms with van der Waals surface area (Å²) >= 11 is 1.55. The zero-order valence-electron chi connectivity index (χ0n) is 15.9. The van der Waals surface area contributed by atoms with E-state index in [0.29, 0.717) is 4.90 Å². The number of rotatable bonds is 1. The Hall–Kier alpha value is -2.95. The SMILES string of the molecule is O=S1(=O)c2ccsc2C2=C(c3ccccc3)C3c4ccccc4C21c1ccccc13. The third-order valence-corrected chi connectivity index (χ3v) is 10.3. The molecular weight excluding hydrogens is 408 g/mol. The number of benzene rings is 3. The summed E-state index contributed by atoms with van der Waals surface area (Å²) in [5.74, 6) is 0.0277. The van der Waals surface area contributed by atoms with Crippen molar-refractivity contribution in [3.8, 4) is 0 Å². The van der Waals surface area contributed by atoms with Gasteiger partial charge < -0.3 is 0 Å². The molecule has 1 spiro atoms. The van der Waals surface area contributed by atoms with Crippen LogP contribution in [0.1, 0.15) is 38.6 Å². The molecular formula is C26H16O2S2. The van der Waals surface area contributed by atoms with Crippen LogP contribution in [-0.4, -0.2) is 8.42 Å². The number of allylic oxidation sites excluding steroid dienone is 1. The van der Waals surface area contributed by atoms with E-state index < -0.39 is 14.6 Å². The fourth-order valence-electron chi connectivity index (χ4n) is 5.86. The number of fused-ring (bicyclic) bond motifs is 1. The summed E-state index contributed by atoms with van der Waals surface area (Å²) in [4.78, 5) is 1.38. The van der Waals surface area contributed by atoms with Crippen molar-refractivity contribution in [1.82, 2.24) is 0 Å². The van der Waals surface area contributed by atoms with Gasteiger partial charge in [0, 0.05) is 11.5 Å². The van der Waals surface area contributed by atoms with Gasteiger partial charge in [-0.2, -0.15) is 0 Å². The standard InChI is InChI=1S/C26H16O2S2/c27-30(28)21-14-15-29-25(21)24-22(16-8-2-1-3-9-16)23-17-10-4-6-12-19(17)26(24,30)20-13-7-5-11-18(20)23/h1-15,23H. The molecule has 1 aliphatic heterocycles. The van der Waals surface area contributed by atoms with Gasteiger partial charge in [-0.3, -0.25) is 0 Å². The molecule has 4 aromatic rings. The molecule has 0 unspecified atom stereocenters. The first-order valence-electron chi connectivity index (χ1n) is 9.98. The van der Waals surface area contributed by atoms with E-state index >= 15 is 0 Å². The van der Waals surface area contributed by atoms with E-state index in [-0.39, 0.29) is 5.92 Å². The second-order valence-corrected chi connectivity index (χ2v) is 11.0. The quantitative estimate of drug-likeness (QED) is 0.384. The maximum Gasteiger partial charge on any atom is 0.198 e. The van der Waals surface area contributed by atoms with Gasteiger partial charge in [-0.25, -0.2) is 8.42 Å². The molecule has 2 nitrogen and oxygen atoms in total. The van der Waals surface area contributed by atoms with Crippen LogP contribution in [0.2, 0.25) is 0 Å². The molecule has 4 aliphatic rings. The Morgan fingerprint density at radius 1 is 0.733 bits per heavy atom. The van der Waals surface area contributed by atoms with E-state index in [1.807, 2.05) is 60.0 Å². The average Bonchev–Trinajstić information content (AvgIpc) is 3.35. The lowest BCUT2D eigenvalue weighted by Crippen LogP contribution is -2.43. The molecule has 0 fully saturated rings. The molecule has 144 valence electrons. The van der Waals surface area contributed by atoms with Gasteiger partial charge in [-0.1, -0.05) is 78.9 Å². The number of thiophene rings is 1. The van der Waals surface area contributed by atoms with Gasteiger partial charge in [-0.15, -0.1) is 11.3 Å². The highest BCUT2D eigenvalue weighted by molar-refractivity contribution is 7.94. The largest absolute Gasteiger partial charge is 0.222 e. The van der Waals surface area contributed by atoms with Crippen LogP contribution in [0, 0.1) is 0 Å². The van der Waals surface area contributed by atoms with Crippen molar-refractivity contribution in [2.24, 2.45) is 0 Å². The molecule has 30 heavy (non-hydrogen) atoms. The highest BCUT2D eigenvalue weighted by Crippen LogP contribution is 2.70. The predicted octanol–water partition coefficient (Wildman–Crippen LogP) is 5.85. The third kappa shape index (κ3) is 1.64. The molecule has 0 N–H and O–H groups in total. The second kappa shape index (κ2) is 5.39. The Bertz CT molecular complexity index is 1460. The molecule has 1 aromatic heterocycles. The molecule has 0 radical (unpaired) electrons. The Kier molecular flexibility index (Phi) is 3.02. The zero-order valence-corrected chi connectivity index (χ0v) is 17.5. The summed E-state index contributed by atoms with van der Waals surface area (Å²) in [5, 5.41) is 1.91. The lowest BCUT2D eigenvalue weighted by atomic mass is 9.59. The summed E-state index contributed by atoms with van der Waals surface area (Å²) in [5.41, 5.74) is 7.27. The molecule has 0 amide bonds. The monoisotopic (exact) mass is 424 g/mol. The molecule has 0 atom stereocenters. The Balaban J connectivity index is 1.78. The fourth-order valence-corrected chi connectivity index (χ4v) is 9.74. The van der Waals surface area contributed by atoms with Crippen LogP contribution in [0.4, 0.5) is 0 Å². The van der Waals surface area contributed by atoms with Crippen LogP contribution in [-0.2, 0) is 14.6 Å². The molecule has 0 saturated heterocycles. The lowest BCUT2D eigenvalue weighted by molar-refractivity contribution is 0.577. The Morgan fingerprint density at radius 3 is 2.00 bits per heavy atom. The van der Waals surface area contributed by atoms with Crippen molar-refractivity contribution < 1.29 is 8.42 Å². The highest BCUT2D eigenvalue weighted by Gasteiger charge is 2.65.